The van der Waals surface area contributed by atoms with Gasteiger partial charge < -0.3 is 4.74 Å². The molecule has 0 unspecified atom stereocenters. The van der Waals surface area contributed by atoms with E-state index < -0.39 is 0 Å². The molecule has 1 nitrogen and oxygen atoms in total. The van der Waals surface area contributed by atoms with Crippen LogP contribution in [0.1, 0.15) is 87.8 Å². The molecule has 1 aliphatic rings. The zero-order valence-electron chi connectivity index (χ0n) is 17.5. The Morgan fingerprint density at radius 2 is 1.39 bits per heavy atom. The summed E-state index contributed by atoms with van der Waals surface area (Å²) in [6.07, 6.45) is 10.5. The topological polar surface area (TPSA) is 9.23 Å². The molecule has 0 amide bonds. The lowest BCUT2D eigenvalue weighted by Gasteiger charge is -2.28. The van der Waals surface area contributed by atoms with Gasteiger partial charge in [0.05, 0.1) is 6.61 Å². The van der Waals surface area contributed by atoms with Crippen LogP contribution in [0.5, 0.6) is 5.75 Å². The summed E-state index contributed by atoms with van der Waals surface area (Å²) in [5, 5.41) is 0. The SMILES string of the molecule is CCCCOc1ccc(C#Cc2ccc([C@H]3CC[C@H](CCC)CC3)cc2)cc1. The Balaban J connectivity index is 1.53. The summed E-state index contributed by atoms with van der Waals surface area (Å²) in [5.74, 6) is 9.21. The Hall–Kier alpha value is -2.20. The minimum atomic E-state index is 0.746. The maximum Gasteiger partial charge on any atom is 0.119 e. The molecule has 3 rings (SSSR count). The van der Waals surface area contributed by atoms with E-state index in [1.165, 1.54) is 44.1 Å². The first-order valence-electron chi connectivity index (χ1n) is 11.1. The van der Waals surface area contributed by atoms with Crippen LogP contribution in [0.2, 0.25) is 0 Å². The molecule has 148 valence electrons. The number of rotatable bonds is 7. The second kappa shape index (κ2) is 11.0. The second-order valence-corrected chi connectivity index (χ2v) is 8.10. The second-order valence-electron chi connectivity index (χ2n) is 8.10. The van der Waals surface area contributed by atoms with Gasteiger partial charge in [-0.05, 0) is 85.9 Å². The molecule has 0 radical (unpaired) electrons. The van der Waals surface area contributed by atoms with Crippen molar-refractivity contribution in [3.63, 3.8) is 0 Å². The molecular formula is C27H34O. The minimum Gasteiger partial charge on any atom is -0.494 e. The highest BCUT2D eigenvalue weighted by Crippen LogP contribution is 2.37. The summed E-state index contributed by atoms with van der Waals surface area (Å²) in [6.45, 7) is 5.27. The van der Waals surface area contributed by atoms with E-state index in [2.05, 4.69) is 50.0 Å². The summed E-state index contributed by atoms with van der Waals surface area (Å²) in [4.78, 5) is 0. The first-order chi connectivity index (χ1) is 13.8. The lowest BCUT2D eigenvalue weighted by molar-refractivity contribution is 0.308. The molecule has 1 saturated carbocycles. The molecule has 2 aromatic rings. The zero-order valence-corrected chi connectivity index (χ0v) is 17.5. The van der Waals surface area contributed by atoms with Gasteiger partial charge in [-0.15, -0.1) is 0 Å². The smallest absolute Gasteiger partial charge is 0.119 e. The predicted octanol–water partition coefficient (Wildman–Crippen LogP) is 7.34. The van der Waals surface area contributed by atoms with Gasteiger partial charge in [0, 0.05) is 11.1 Å². The number of unbranched alkanes of at least 4 members (excludes halogenated alkanes) is 1. The van der Waals surface area contributed by atoms with Crippen molar-refractivity contribution >= 4 is 0 Å². The van der Waals surface area contributed by atoms with Crippen LogP contribution in [-0.2, 0) is 0 Å². The molecule has 0 aliphatic heterocycles. The van der Waals surface area contributed by atoms with Crippen molar-refractivity contribution in [2.45, 2.75) is 71.1 Å². The molecule has 1 fully saturated rings. The largest absolute Gasteiger partial charge is 0.494 e. The quantitative estimate of drug-likeness (QED) is 0.364. The summed E-state index contributed by atoms with van der Waals surface area (Å²) < 4.78 is 5.71. The lowest BCUT2D eigenvalue weighted by atomic mass is 9.77. The Morgan fingerprint density at radius 1 is 0.786 bits per heavy atom. The van der Waals surface area contributed by atoms with Crippen LogP contribution in [0.25, 0.3) is 0 Å². The summed E-state index contributed by atoms with van der Waals surface area (Å²) in [6, 6.07) is 17.1. The molecular weight excluding hydrogens is 340 g/mol. The number of hydrogen-bond donors (Lipinski definition) is 0. The summed E-state index contributed by atoms with van der Waals surface area (Å²) in [7, 11) is 0. The van der Waals surface area contributed by atoms with Crippen molar-refractivity contribution < 1.29 is 4.74 Å². The van der Waals surface area contributed by atoms with Crippen molar-refractivity contribution in [3.8, 4) is 17.6 Å². The highest BCUT2D eigenvalue weighted by Gasteiger charge is 2.21. The molecule has 0 N–H and O–H groups in total. The Morgan fingerprint density at radius 3 is 1.96 bits per heavy atom. The highest BCUT2D eigenvalue weighted by atomic mass is 16.5. The van der Waals surface area contributed by atoms with Crippen LogP contribution in [0.15, 0.2) is 48.5 Å². The van der Waals surface area contributed by atoms with Crippen molar-refractivity contribution in [1.29, 1.82) is 0 Å². The summed E-state index contributed by atoms with van der Waals surface area (Å²) in [5.41, 5.74) is 3.61. The van der Waals surface area contributed by atoms with E-state index in [4.69, 9.17) is 4.74 Å². The molecule has 28 heavy (non-hydrogen) atoms. The molecule has 0 heterocycles. The van der Waals surface area contributed by atoms with E-state index in [1.807, 2.05) is 24.3 Å². The van der Waals surface area contributed by atoms with Gasteiger partial charge in [-0.1, -0.05) is 57.1 Å². The van der Waals surface area contributed by atoms with Crippen molar-refractivity contribution in [1.82, 2.24) is 0 Å². The van der Waals surface area contributed by atoms with Crippen LogP contribution in [0.4, 0.5) is 0 Å². The first-order valence-corrected chi connectivity index (χ1v) is 11.1. The van der Waals surface area contributed by atoms with Gasteiger partial charge in [0.25, 0.3) is 0 Å². The molecule has 2 aromatic carbocycles. The van der Waals surface area contributed by atoms with Gasteiger partial charge in [-0.3, -0.25) is 0 Å². The van der Waals surface area contributed by atoms with Gasteiger partial charge >= 0.3 is 0 Å². The molecule has 0 aromatic heterocycles. The third-order valence-electron chi connectivity index (χ3n) is 5.90. The van der Waals surface area contributed by atoms with Crippen LogP contribution < -0.4 is 4.74 Å². The third kappa shape index (κ3) is 6.16. The van der Waals surface area contributed by atoms with E-state index >= 15 is 0 Å². The van der Waals surface area contributed by atoms with Crippen molar-refractivity contribution in [2.24, 2.45) is 5.92 Å². The Kier molecular flexibility index (Phi) is 8.04. The fourth-order valence-corrected chi connectivity index (χ4v) is 4.14. The average molecular weight is 375 g/mol. The fourth-order valence-electron chi connectivity index (χ4n) is 4.14. The predicted molar refractivity (Wildman–Crippen MR) is 119 cm³/mol. The van der Waals surface area contributed by atoms with Gasteiger partial charge in [-0.2, -0.15) is 0 Å². The number of hydrogen-bond acceptors (Lipinski definition) is 1. The van der Waals surface area contributed by atoms with E-state index in [9.17, 15) is 0 Å². The van der Waals surface area contributed by atoms with Gasteiger partial charge in [0.2, 0.25) is 0 Å². The van der Waals surface area contributed by atoms with E-state index in [-0.39, 0.29) is 0 Å². The molecule has 0 bridgehead atoms. The van der Waals surface area contributed by atoms with Crippen LogP contribution >= 0.6 is 0 Å². The van der Waals surface area contributed by atoms with E-state index in [0.29, 0.717) is 0 Å². The molecule has 0 spiro atoms. The van der Waals surface area contributed by atoms with Crippen LogP contribution in [0.3, 0.4) is 0 Å². The number of benzene rings is 2. The number of ether oxygens (including phenoxy) is 1. The highest BCUT2D eigenvalue weighted by molar-refractivity contribution is 5.45. The average Bonchev–Trinajstić information content (AvgIpc) is 2.75. The van der Waals surface area contributed by atoms with Gasteiger partial charge in [0.15, 0.2) is 0 Å². The molecule has 0 saturated heterocycles. The third-order valence-corrected chi connectivity index (χ3v) is 5.90. The molecule has 1 aliphatic carbocycles. The maximum atomic E-state index is 5.71. The first kappa shape index (κ1) is 20.5. The Labute approximate surface area is 171 Å². The maximum absolute atomic E-state index is 5.71. The van der Waals surface area contributed by atoms with Crippen LogP contribution in [0, 0.1) is 17.8 Å². The van der Waals surface area contributed by atoms with Crippen molar-refractivity contribution in [2.75, 3.05) is 6.61 Å². The van der Waals surface area contributed by atoms with Gasteiger partial charge in [-0.25, -0.2) is 0 Å². The summed E-state index contributed by atoms with van der Waals surface area (Å²) >= 11 is 0. The monoisotopic (exact) mass is 374 g/mol. The minimum absolute atomic E-state index is 0.746. The zero-order chi connectivity index (χ0) is 19.6. The Bertz CT molecular complexity index is 753. The van der Waals surface area contributed by atoms with Crippen LogP contribution in [-0.4, -0.2) is 6.61 Å². The fraction of sp³-hybridized carbons (Fsp3) is 0.481. The lowest BCUT2D eigenvalue weighted by Crippen LogP contribution is -2.13. The van der Waals surface area contributed by atoms with Crippen molar-refractivity contribution in [3.05, 3.63) is 65.2 Å². The van der Waals surface area contributed by atoms with Gasteiger partial charge in [0.1, 0.15) is 5.75 Å². The van der Waals surface area contributed by atoms with E-state index in [0.717, 1.165) is 48.2 Å². The van der Waals surface area contributed by atoms with E-state index in [1.54, 1.807) is 0 Å². The molecule has 1 heteroatoms. The normalized spacial score (nSPS) is 18.9. The standard InChI is InChI=1S/C27H34O/c1-3-5-21-28-27-19-13-24(14-20-27)8-7-23-11-17-26(18-12-23)25-15-9-22(6-4-2)10-16-25/h11-14,17-20,22,25H,3-6,9-10,15-16,21H2,1-2H3/t22-,25-. The molecule has 0 atom stereocenters.